The Morgan fingerprint density at radius 3 is 2.61 bits per heavy atom. The van der Waals surface area contributed by atoms with Crippen LogP contribution in [0, 0.1) is 0 Å². The van der Waals surface area contributed by atoms with Gasteiger partial charge in [0.25, 0.3) is 5.56 Å². The van der Waals surface area contributed by atoms with E-state index in [-0.39, 0.29) is 11.1 Å². The zero-order chi connectivity index (χ0) is 13.0. The molecule has 98 valence electrons. The number of carboxylic acids is 1. The van der Waals surface area contributed by atoms with Gasteiger partial charge in [0.15, 0.2) is 0 Å². The van der Waals surface area contributed by atoms with E-state index in [0.29, 0.717) is 6.54 Å². The van der Waals surface area contributed by atoms with Crippen LogP contribution in [0.2, 0.25) is 0 Å². The van der Waals surface area contributed by atoms with Gasteiger partial charge in [-0.15, -0.1) is 0 Å². The van der Waals surface area contributed by atoms with Crippen LogP contribution in [-0.4, -0.2) is 40.2 Å². The van der Waals surface area contributed by atoms with E-state index in [9.17, 15) is 9.59 Å². The second-order valence-electron chi connectivity index (χ2n) is 4.65. The lowest BCUT2D eigenvalue weighted by Gasteiger charge is -2.14. The quantitative estimate of drug-likeness (QED) is 0.848. The summed E-state index contributed by atoms with van der Waals surface area (Å²) in [5, 5.41) is 8.76. The topological polar surface area (TPSA) is 62.5 Å². The molecule has 1 N–H and O–H groups in total. The SMILES string of the molecule is O=C(O)c1ccn(CCCN2CCCC2)c(=O)c1. The summed E-state index contributed by atoms with van der Waals surface area (Å²) < 4.78 is 1.57. The van der Waals surface area contributed by atoms with Crippen LogP contribution in [0.1, 0.15) is 29.6 Å². The fourth-order valence-electron chi connectivity index (χ4n) is 2.30. The van der Waals surface area contributed by atoms with Crippen molar-refractivity contribution in [1.29, 1.82) is 0 Å². The zero-order valence-corrected chi connectivity index (χ0v) is 10.3. The summed E-state index contributed by atoms with van der Waals surface area (Å²) in [6, 6.07) is 2.65. The van der Waals surface area contributed by atoms with Crippen molar-refractivity contribution in [1.82, 2.24) is 9.47 Å². The molecule has 0 aliphatic carbocycles. The largest absolute Gasteiger partial charge is 0.478 e. The number of hydrogen-bond acceptors (Lipinski definition) is 3. The van der Waals surface area contributed by atoms with Crippen LogP contribution in [0.15, 0.2) is 23.1 Å². The van der Waals surface area contributed by atoms with Gasteiger partial charge in [-0.05, 0) is 45.0 Å². The molecule has 0 atom stereocenters. The van der Waals surface area contributed by atoms with E-state index in [1.807, 2.05) is 0 Å². The molecule has 18 heavy (non-hydrogen) atoms. The number of rotatable bonds is 5. The van der Waals surface area contributed by atoms with Gasteiger partial charge in [0.2, 0.25) is 0 Å². The van der Waals surface area contributed by atoms with Gasteiger partial charge in [0.05, 0.1) is 5.56 Å². The monoisotopic (exact) mass is 250 g/mol. The molecule has 0 aromatic carbocycles. The fourth-order valence-corrected chi connectivity index (χ4v) is 2.30. The van der Waals surface area contributed by atoms with E-state index in [2.05, 4.69) is 4.90 Å². The van der Waals surface area contributed by atoms with Gasteiger partial charge in [-0.3, -0.25) is 4.79 Å². The molecule has 0 radical (unpaired) electrons. The smallest absolute Gasteiger partial charge is 0.335 e. The first-order chi connectivity index (χ1) is 8.66. The van der Waals surface area contributed by atoms with Crippen molar-refractivity contribution in [2.75, 3.05) is 19.6 Å². The Balaban J connectivity index is 1.89. The van der Waals surface area contributed by atoms with Gasteiger partial charge < -0.3 is 14.6 Å². The Morgan fingerprint density at radius 2 is 2.00 bits per heavy atom. The molecule has 0 spiro atoms. The van der Waals surface area contributed by atoms with Crippen LogP contribution in [0.3, 0.4) is 0 Å². The Labute approximate surface area is 106 Å². The van der Waals surface area contributed by atoms with E-state index < -0.39 is 5.97 Å². The highest BCUT2D eigenvalue weighted by Crippen LogP contribution is 2.07. The molecule has 1 aliphatic rings. The summed E-state index contributed by atoms with van der Waals surface area (Å²) in [5.74, 6) is -1.06. The van der Waals surface area contributed by atoms with Crippen LogP contribution in [-0.2, 0) is 6.54 Å². The van der Waals surface area contributed by atoms with Crippen LogP contribution < -0.4 is 5.56 Å². The van der Waals surface area contributed by atoms with Crippen molar-refractivity contribution in [2.24, 2.45) is 0 Å². The molecule has 2 heterocycles. The molecule has 2 rings (SSSR count). The molecule has 1 fully saturated rings. The number of likely N-dealkylation sites (tertiary alicyclic amines) is 1. The average molecular weight is 250 g/mol. The van der Waals surface area contributed by atoms with E-state index in [4.69, 9.17) is 5.11 Å². The van der Waals surface area contributed by atoms with Crippen LogP contribution in [0.5, 0.6) is 0 Å². The maximum atomic E-state index is 11.7. The van der Waals surface area contributed by atoms with Crippen LogP contribution in [0.25, 0.3) is 0 Å². The first-order valence-electron chi connectivity index (χ1n) is 6.33. The number of nitrogens with zero attached hydrogens (tertiary/aromatic N) is 2. The van der Waals surface area contributed by atoms with E-state index in [1.165, 1.54) is 25.0 Å². The molecule has 5 nitrogen and oxygen atoms in total. The number of pyridine rings is 1. The number of carbonyl (C=O) groups is 1. The van der Waals surface area contributed by atoms with E-state index in [0.717, 1.165) is 26.1 Å². The summed E-state index contributed by atoms with van der Waals surface area (Å²) in [6.07, 6.45) is 5.03. The van der Waals surface area contributed by atoms with E-state index in [1.54, 1.807) is 10.8 Å². The minimum Gasteiger partial charge on any atom is -0.478 e. The Morgan fingerprint density at radius 1 is 1.28 bits per heavy atom. The van der Waals surface area contributed by atoms with Crippen molar-refractivity contribution >= 4 is 5.97 Å². The molecule has 0 bridgehead atoms. The number of aryl methyl sites for hydroxylation is 1. The van der Waals surface area contributed by atoms with Gasteiger partial charge in [-0.25, -0.2) is 4.79 Å². The zero-order valence-electron chi connectivity index (χ0n) is 10.3. The molecule has 0 saturated carbocycles. The molecular formula is C13H18N2O3. The highest BCUT2D eigenvalue weighted by Gasteiger charge is 2.10. The summed E-state index contributed by atoms with van der Waals surface area (Å²) in [5.41, 5.74) is -0.188. The maximum absolute atomic E-state index is 11.7. The number of aromatic carboxylic acids is 1. The number of carboxylic acid groups (broad SMARTS) is 1. The van der Waals surface area contributed by atoms with E-state index >= 15 is 0 Å². The maximum Gasteiger partial charge on any atom is 0.335 e. The fraction of sp³-hybridized carbons (Fsp3) is 0.538. The van der Waals surface area contributed by atoms with Crippen LogP contribution in [0.4, 0.5) is 0 Å². The van der Waals surface area contributed by atoms with Gasteiger partial charge in [-0.2, -0.15) is 0 Å². The van der Waals surface area contributed by atoms with Gasteiger partial charge in [-0.1, -0.05) is 0 Å². The average Bonchev–Trinajstić information content (AvgIpc) is 2.84. The predicted molar refractivity (Wildman–Crippen MR) is 68.0 cm³/mol. The lowest BCUT2D eigenvalue weighted by atomic mass is 10.2. The standard InChI is InChI=1S/C13H18N2O3/c16-12-10-11(13(17)18)4-9-15(12)8-3-7-14-5-1-2-6-14/h4,9-10H,1-3,5-8H2,(H,17,18). The van der Waals surface area contributed by atoms with Crippen molar-refractivity contribution < 1.29 is 9.90 Å². The van der Waals surface area contributed by atoms with Gasteiger partial charge in [0, 0.05) is 18.8 Å². The summed E-state index contributed by atoms with van der Waals surface area (Å²) in [6.45, 7) is 3.97. The third-order valence-corrected chi connectivity index (χ3v) is 3.32. The predicted octanol–water partition coefficient (Wildman–Crippen LogP) is 1.03. The lowest BCUT2D eigenvalue weighted by Crippen LogP contribution is -2.25. The Hall–Kier alpha value is -1.62. The lowest BCUT2D eigenvalue weighted by molar-refractivity contribution is 0.0696. The summed E-state index contributed by atoms with van der Waals surface area (Å²) >= 11 is 0. The molecule has 0 unspecified atom stereocenters. The molecule has 0 amide bonds. The number of hydrogen-bond donors (Lipinski definition) is 1. The second kappa shape index (κ2) is 5.82. The van der Waals surface area contributed by atoms with Crippen LogP contribution >= 0.6 is 0 Å². The molecule has 1 aromatic rings. The van der Waals surface area contributed by atoms with Gasteiger partial charge >= 0.3 is 5.97 Å². The van der Waals surface area contributed by atoms with Crippen molar-refractivity contribution in [3.8, 4) is 0 Å². The highest BCUT2D eigenvalue weighted by atomic mass is 16.4. The Kier molecular flexibility index (Phi) is 4.15. The van der Waals surface area contributed by atoms with Crippen molar-refractivity contribution in [3.63, 3.8) is 0 Å². The second-order valence-corrected chi connectivity index (χ2v) is 4.65. The number of aromatic nitrogens is 1. The summed E-state index contributed by atoms with van der Waals surface area (Å²) in [4.78, 5) is 24.8. The first kappa shape index (κ1) is 12.8. The minimum atomic E-state index is -1.06. The molecule has 1 saturated heterocycles. The third kappa shape index (κ3) is 3.20. The normalized spacial score (nSPS) is 16.0. The van der Waals surface area contributed by atoms with Crippen molar-refractivity contribution in [2.45, 2.75) is 25.8 Å². The highest BCUT2D eigenvalue weighted by molar-refractivity contribution is 5.87. The molecule has 1 aromatic heterocycles. The summed E-state index contributed by atoms with van der Waals surface area (Å²) in [7, 11) is 0. The molecule has 1 aliphatic heterocycles. The first-order valence-corrected chi connectivity index (χ1v) is 6.33. The van der Waals surface area contributed by atoms with Gasteiger partial charge in [0.1, 0.15) is 0 Å². The minimum absolute atomic E-state index is 0.0517. The molecule has 5 heteroatoms. The Bertz CT molecular complexity index is 475. The van der Waals surface area contributed by atoms with Crippen molar-refractivity contribution in [3.05, 3.63) is 34.2 Å². The molecular weight excluding hydrogens is 232 g/mol. The third-order valence-electron chi connectivity index (χ3n) is 3.32.